The number of carbonyl (C=O) groups is 1. The summed E-state index contributed by atoms with van der Waals surface area (Å²) in [5, 5.41) is 14.9. The van der Waals surface area contributed by atoms with Gasteiger partial charge in [-0.3, -0.25) is 4.79 Å². The molecule has 1 amide bonds. The third-order valence-corrected chi connectivity index (χ3v) is 9.01. The highest BCUT2D eigenvalue weighted by Gasteiger charge is 2.61. The molecule has 0 aromatic heterocycles. The number of hydrogen-bond acceptors (Lipinski definition) is 5. The van der Waals surface area contributed by atoms with Crippen LogP contribution in [0.4, 0.5) is 5.69 Å². The highest BCUT2D eigenvalue weighted by atomic mass is 16.5. The molecule has 34 heavy (non-hydrogen) atoms. The molecule has 190 valence electrons. The number of morpholine rings is 1. The molecule has 4 atom stereocenters. The van der Waals surface area contributed by atoms with E-state index in [0.29, 0.717) is 44.7 Å². The summed E-state index contributed by atoms with van der Waals surface area (Å²) in [5.74, 6) is 0.659. The third kappa shape index (κ3) is 5.29. The maximum Gasteiger partial charge on any atom is 0.222 e. The van der Waals surface area contributed by atoms with Crippen molar-refractivity contribution in [2.75, 3.05) is 45.3 Å². The Balaban J connectivity index is 1.51. The van der Waals surface area contributed by atoms with Crippen molar-refractivity contribution in [3.05, 3.63) is 29.8 Å². The molecule has 1 heterocycles. The van der Waals surface area contributed by atoms with Crippen LogP contribution in [-0.2, 0) is 16.1 Å². The van der Waals surface area contributed by atoms with Gasteiger partial charge in [0, 0.05) is 51.9 Å². The van der Waals surface area contributed by atoms with Gasteiger partial charge < -0.3 is 25.0 Å². The maximum atomic E-state index is 13.1. The highest BCUT2D eigenvalue weighted by Crippen LogP contribution is 2.63. The molecule has 1 aromatic rings. The first kappa shape index (κ1) is 25.5. The molecule has 3 aliphatic rings. The molecule has 4 rings (SSSR count). The van der Waals surface area contributed by atoms with Crippen LogP contribution in [0.5, 0.6) is 0 Å². The predicted octanol–water partition coefficient (Wildman–Crippen LogP) is 3.82. The number of anilines is 1. The van der Waals surface area contributed by atoms with E-state index >= 15 is 0 Å². The quantitative estimate of drug-likeness (QED) is 0.633. The number of nitrogens with one attached hydrogen (secondary N) is 1. The summed E-state index contributed by atoms with van der Waals surface area (Å²) in [7, 11) is 4.13. The van der Waals surface area contributed by atoms with E-state index in [-0.39, 0.29) is 16.7 Å². The molecule has 3 fully saturated rings. The van der Waals surface area contributed by atoms with Crippen molar-refractivity contribution in [3.8, 4) is 0 Å². The number of nitrogens with zero attached hydrogens (tertiary/aromatic N) is 2. The van der Waals surface area contributed by atoms with Gasteiger partial charge in [0.05, 0.1) is 18.8 Å². The summed E-state index contributed by atoms with van der Waals surface area (Å²) in [5.41, 5.74) is 2.04. The van der Waals surface area contributed by atoms with E-state index in [0.717, 1.165) is 38.6 Å². The number of amides is 1. The number of carbonyl (C=O) groups excluding carboxylic acids is 1. The molecule has 1 aliphatic heterocycles. The average molecular weight is 472 g/mol. The molecular weight excluding hydrogens is 426 g/mol. The third-order valence-electron chi connectivity index (χ3n) is 9.01. The summed E-state index contributed by atoms with van der Waals surface area (Å²) in [6, 6.07) is 9.11. The van der Waals surface area contributed by atoms with Gasteiger partial charge in [-0.05, 0) is 73.5 Å². The van der Waals surface area contributed by atoms with Gasteiger partial charge in [-0.15, -0.1) is 0 Å². The van der Waals surface area contributed by atoms with E-state index in [1.807, 2.05) is 11.8 Å². The molecule has 6 nitrogen and oxygen atoms in total. The monoisotopic (exact) mass is 471 g/mol. The Morgan fingerprint density at radius 3 is 2.44 bits per heavy atom. The summed E-state index contributed by atoms with van der Waals surface area (Å²) in [6.45, 7) is 10.3. The van der Waals surface area contributed by atoms with Gasteiger partial charge in [0.15, 0.2) is 0 Å². The van der Waals surface area contributed by atoms with Crippen molar-refractivity contribution in [3.63, 3.8) is 0 Å². The van der Waals surface area contributed by atoms with Crippen molar-refractivity contribution in [2.45, 2.75) is 77.5 Å². The summed E-state index contributed by atoms with van der Waals surface area (Å²) in [6.07, 6.45) is 5.16. The largest absolute Gasteiger partial charge is 0.390 e. The second-order valence-electron chi connectivity index (χ2n) is 12.2. The maximum absolute atomic E-state index is 13.1. The van der Waals surface area contributed by atoms with Crippen LogP contribution in [0.3, 0.4) is 0 Å². The molecule has 2 saturated carbocycles. The summed E-state index contributed by atoms with van der Waals surface area (Å²) < 4.78 is 5.44. The number of fused-ring (bicyclic) bond motifs is 1. The molecule has 0 unspecified atom stereocenters. The summed E-state index contributed by atoms with van der Waals surface area (Å²) in [4.78, 5) is 17.2. The highest BCUT2D eigenvalue weighted by molar-refractivity contribution is 5.76. The second kappa shape index (κ2) is 9.79. The van der Waals surface area contributed by atoms with Gasteiger partial charge in [-0.1, -0.05) is 26.0 Å². The molecule has 0 spiro atoms. The van der Waals surface area contributed by atoms with Gasteiger partial charge in [0.1, 0.15) is 0 Å². The molecule has 1 saturated heterocycles. The van der Waals surface area contributed by atoms with E-state index in [2.05, 4.69) is 62.4 Å². The minimum Gasteiger partial charge on any atom is -0.390 e. The first-order chi connectivity index (χ1) is 16.0. The minimum absolute atomic E-state index is 0.0390. The number of hydrogen-bond donors (Lipinski definition) is 2. The lowest BCUT2D eigenvalue weighted by atomic mass is 9.57. The number of ether oxygens (including phenoxy) is 1. The van der Waals surface area contributed by atoms with Crippen molar-refractivity contribution in [1.29, 1.82) is 0 Å². The lowest BCUT2D eigenvalue weighted by molar-refractivity contribution is -0.137. The lowest BCUT2D eigenvalue weighted by Crippen LogP contribution is -2.51. The Hall–Kier alpha value is -1.63. The first-order valence-corrected chi connectivity index (χ1v) is 13.1. The van der Waals surface area contributed by atoms with Gasteiger partial charge in [-0.25, -0.2) is 0 Å². The second-order valence-corrected chi connectivity index (χ2v) is 12.2. The van der Waals surface area contributed by atoms with Crippen LogP contribution in [0.2, 0.25) is 0 Å². The van der Waals surface area contributed by atoms with Crippen LogP contribution in [0, 0.1) is 16.7 Å². The number of rotatable bonds is 7. The van der Waals surface area contributed by atoms with E-state index in [4.69, 9.17) is 4.74 Å². The Kier molecular flexibility index (Phi) is 7.33. The summed E-state index contributed by atoms with van der Waals surface area (Å²) >= 11 is 0. The fraction of sp³-hybridized carbons (Fsp3) is 0.750. The van der Waals surface area contributed by atoms with E-state index in [1.54, 1.807) is 0 Å². The van der Waals surface area contributed by atoms with Crippen LogP contribution in [0.1, 0.15) is 64.9 Å². The lowest BCUT2D eigenvalue weighted by Gasteiger charge is -2.51. The smallest absolute Gasteiger partial charge is 0.222 e. The Morgan fingerprint density at radius 1 is 1.12 bits per heavy atom. The van der Waals surface area contributed by atoms with E-state index in [9.17, 15) is 9.90 Å². The van der Waals surface area contributed by atoms with Crippen LogP contribution >= 0.6 is 0 Å². The van der Waals surface area contributed by atoms with Gasteiger partial charge in [-0.2, -0.15) is 0 Å². The fourth-order valence-corrected chi connectivity index (χ4v) is 6.98. The number of aliphatic hydroxyl groups is 1. The Labute approximate surface area is 206 Å². The zero-order valence-corrected chi connectivity index (χ0v) is 21.9. The average Bonchev–Trinajstić information content (AvgIpc) is 3.02. The molecule has 1 aromatic carbocycles. The molecule has 2 N–H and O–H groups in total. The van der Waals surface area contributed by atoms with E-state index < -0.39 is 5.60 Å². The van der Waals surface area contributed by atoms with Gasteiger partial charge in [0.25, 0.3) is 0 Å². The van der Waals surface area contributed by atoms with Crippen molar-refractivity contribution >= 4 is 11.6 Å². The molecule has 2 aliphatic carbocycles. The zero-order chi connectivity index (χ0) is 24.6. The van der Waals surface area contributed by atoms with E-state index in [1.165, 1.54) is 11.3 Å². The van der Waals surface area contributed by atoms with Crippen LogP contribution in [0.25, 0.3) is 0 Å². The standard InChI is InChI=1S/C28H45N3O3/c1-26(2)19-24(29-20-21-6-8-22(9-7-21)30(4)5)28(13-12-27(3,33)18-23(26)28)11-10-25(32)31-14-16-34-17-15-31/h6-9,23-24,29,33H,10-20H2,1-5H3/t23-,24-,27+,28+/m0/s1. The molecular formula is C28H45N3O3. The normalized spacial score (nSPS) is 32.9. The van der Waals surface area contributed by atoms with Crippen LogP contribution in [-0.4, -0.2) is 68.0 Å². The van der Waals surface area contributed by atoms with Crippen molar-refractivity contribution < 1.29 is 14.6 Å². The van der Waals surface area contributed by atoms with Gasteiger partial charge in [0.2, 0.25) is 5.91 Å². The van der Waals surface area contributed by atoms with Gasteiger partial charge >= 0.3 is 0 Å². The van der Waals surface area contributed by atoms with Crippen molar-refractivity contribution in [1.82, 2.24) is 10.2 Å². The topological polar surface area (TPSA) is 65.0 Å². The SMILES string of the molecule is CN(C)c1ccc(CN[C@H]2CC(C)(C)[C@@H]3C[C@](C)(O)CC[C@@]23CCC(=O)N2CCOCC2)cc1. The van der Waals surface area contributed by atoms with Crippen LogP contribution in [0.15, 0.2) is 24.3 Å². The Morgan fingerprint density at radius 2 is 1.79 bits per heavy atom. The molecule has 0 radical (unpaired) electrons. The minimum atomic E-state index is -0.615. The van der Waals surface area contributed by atoms with Crippen LogP contribution < -0.4 is 10.2 Å². The Bertz CT molecular complexity index is 845. The molecule has 6 heteroatoms. The molecule has 0 bridgehead atoms. The zero-order valence-electron chi connectivity index (χ0n) is 21.9. The number of benzene rings is 1. The first-order valence-electron chi connectivity index (χ1n) is 13.1. The predicted molar refractivity (Wildman–Crippen MR) is 137 cm³/mol. The fourth-order valence-electron chi connectivity index (χ4n) is 6.98. The van der Waals surface area contributed by atoms with Crippen molar-refractivity contribution in [2.24, 2.45) is 16.7 Å².